The van der Waals surface area contributed by atoms with E-state index in [2.05, 4.69) is 89.3 Å². The number of likely N-dealkylation sites (N-methyl/N-ethyl adjacent to an activating group) is 1. The summed E-state index contributed by atoms with van der Waals surface area (Å²) < 4.78 is 0. The zero-order valence-electron chi connectivity index (χ0n) is 15.6. The molecule has 138 valence electrons. The number of thiocarbonyl (C=S) groups is 1. The molecule has 27 heavy (non-hydrogen) atoms. The van der Waals surface area contributed by atoms with E-state index in [1.165, 1.54) is 27.5 Å². The van der Waals surface area contributed by atoms with Crippen LogP contribution in [0.2, 0.25) is 0 Å². The van der Waals surface area contributed by atoms with Crippen molar-refractivity contribution in [3.63, 3.8) is 0 Å². The van der Waals surface area contributed by atoms with E-state index in [1.807, 2.05) is 0 Å². The number of benzene rings is 3. The van der Waals surface area contributed by atoms with Crippen LogP contribution in [0.25, 0.3) is 10.8 Å². The Bertz CT molecular complexity index is 953. The van der Waals surface area contributed by atoms with Crippen molar-refractivity contribution >= 4 is 28.1 Å². The van der Waals surface area contributed by atoms with Crippen molar-refractivity contribution in [2.75, 3.05) is 13.6 Å². The van der Waals surface area contributed by atoms with Gasteiger partial charge in [0.05, 0.1) is 0 Å². The monoisotopic (exact) mass is 375 g/mol. The van der Waals surface area contributed by atoms with Gasteiger partial charge in [0, 0.05) is 25.7 Å². The summed E-state index contributed by atoms with van der Waals surface area (Å²) in [5.74, 6) is 0. The van der Waals surface area contributed by atoms with E-state index in [1.54, 1.807) is 0 Å². The Morgan fingerprint density at radius 3 is 2.56 bits per heavy atom. The third-order valence-electron chi connectivity index (χ3n) is 5.38. The summed E-state index contributed by atoms with van der Waals surface area (Å²) in [5.41, 5.74) is 4.13. The van der Waals surface area contributed by atoms with Crippen molar-refractivity contribution in [2.24, 2.45) is 0 Å². The van der Waals surface area contributed by atoms with Gasteiger partial charge in [-0.25, -0.2) is 0 Å². The average molecular weight is 376 g/mol. The lowest BCUT2D eigenvalue weighted by molar-refractivity contribution is 0.216. The van der Waals surface area contributed by atoms with Gasteiger partial charge in [-0.05, 0) is 59.2 Å². The molecular formula is C23H25N3S. The van der Waals surface area contributed by atoms with Crippen LogP contribution in [0.3, 0.4) is 0 Å². The molecule has 0 spiro atoms. The van der Waals surface area contributed by atoms with E-state index in [0.29, 0.717) is 6.04 Å². The smallest absolute Gasteiger partial charge is 0.166 e. The molecule has 3 aromatic carbocycles. The molecular weight excluding hydrogens is 350 g/mol. The first-order valence-corrected chi connectivity index (χ1v) is 9.86. The molecule has 1 heterocycles. The van der Waals surface area contributed by atoms with Gasteiger partial charge >= 0.3 is 0 Å². The third-order valence-corrected chi connectivity index (χ3v) is 5.67. The Morgan fingerprint density at radius 2 is 1.70 bits per heavy atom. The van der Waals surface area contributed by atoms with E-state index >= 15 is 0 Å². The van der Waals surface area contributed by atoms with Crippen LogP contribution in [0.4, 0.5) is 0 Å². The van der Waals surface area contributed by atoms with E-state index < -0.39 is 0 Å². The molecule has 4 heteroatoms. The third kappa shape index (κ3) is 4.29. The van der Waals surface area contributed by atoms with Crippen molar-refractivity contribution in [1.82, 2.24) is 15.5 Å². The Labute approximate surface area is 166 Å². The summed E-state index contributed by atoms with van der Waals surface area (Å²) in [4.78, 5) is 2.40. The second-order valence-electron chi connectivity index (χ2n) is 7.29. The minimum absolute atomic E-state index is 0.459. The van der Waals surface area contributed by atoms with Gasteiger partial charge in [0.2, 0.25) is 0 Å². The molecule has 0 saturated carbocycles. The number of nitrogens with zero attached hydrogens (tertiary/aromatic N) is 1. The van der Waals surface area contributed by atoms with Crippen LogP contribution in [-0.2, 0) is 19.5 Å². The van der Waals surface area contributed by atoms with Crippen LogP contribution >= 0.6 is 12.2 Å². The van der Waals surface area contributed by atoms with Gasteiger partial charge in [0.15, 0.2) is 5.11 Å². The summed E-state index contributed by atoms with van der Waals surface area (Å²) in [6, 6.07) is 24.1. The zero-order valence-corrected chi connectivity index (χ0v) is 16.4. The van der Waals surface area contributed by atoms with Crippen molar-refractivity contribution in [3.05, 3.63) is 83.4 Å². The number of hydrogen-bond donors (Lipinski definition) is 2. The van der Waals surface area contributed by atoms with Crippen LogP contribution in [0.1, 0.15) is 16.7 Å². The molecule has 1 unspecified atom stereocenters. The minimum Gasteiger partial charge on any atom is -0.361 e. The minimum atomic E-state index is 0.459. The Hall–Kier alpha value is -2.43. The molecule has 1 aliphatic heterocycles. The van der Waals surface area contributed by atoms with E-state index in [4.69, 9.17) is 12.2 Å². The van der Waals surface area contributed by atoms with Crippen molar-refractivity contribution in [3.8, 4) is 0 Å². The summed E-state index contributed by atoms with van der Waals surface area (Å²) in [5, 5.41) is 9.99. The topological polar surface area (TPSA) is 27.3 Å². The molecule has 0 saturated heterocycles. The van der Waals surface area contributed by atoms with Gasteiger partial charge < -0.3 is 10.6 Å². The fourth-order valence-corrected chi connectivity index (χ4v) is 3.91. The maximum Gasteiger partial charge on any atom is 0.166 e. The molecule has 2 N–H and O–H groups in total. The quantitative estimate of drug-likeness (QED) is 0.677. The highest BCUT2D eigenvalue weighted by Crippen LogP contribution is 2.21. The highest BCUT2D eigenvalue weighted by molar-refractivity contribution is 7.80. The number of rotatable bonds is 4. The van der Waals surface area contributed by atoms with Gasteiger partial charge in [-0.1, -0.05) is 60.7 Å². The average Bonchev–Trinajstić information content (AvgIpc) is 2.70. The van der Waals surface area contributed by atoms with Gasteiger partial charge in [0.25, 0.3) is 0 Å². The van der Waals surface area contributed by atoms with Crippen LogP contribution in [0.5, 0.6) is 0 Å². The van der Waals surface area contributed by atoms with Crippen molar-refractivity contribution < 1.29 is 0 Å². The summed E-state index contributed by atoms with van der Waals surface area (Å²) >= 11 is 5.49. The first-order valence-electron chi connectivity index (χ1n) is 9.45. The second kappa shape index (κ2) is 8.07. The lowest BCUT2D eigenvalue weighted by Gasteiger charge is -2.34. The van der Waals surface area contributed by atoms with Crippen molar-refractivity contribution in [2.45, 2.75) is 25.6 Å². The summed E-state index contributed by atoms with van der Waals surface area (Å²) in [6.07, 6.45) is 1.06. The Morgan fingerprint density at radius 1 is 0.963 bits per heavy atom. The number of fused-ring (bicyclic) bond motifs is 2. The van der Waals surface area contributed by atoms with E-state index in [-0.39, 0.29) is 0 Å². The fraction of sp³-hybridized carbons (Fsp3) is 0.261. The van der Waals surface area contributed by atoms with E-state index in [9.17, 15) is 0 Å². The normalized spacial score (nSPS) is 16.7. The predicted octanol–water partition coefficient (Wildman–Crippen LogP) is 3.86. The molecule has 0 aliphatic carbocycles. The molecule has 1 atom stereocenters. The molecule has 4 rings (SSSR count). The number of nitrogens with one attached hydrogen (secondary N) is 2. The molecule has 0 amide bonds. The van der Waals surface area contributed by atoms with Crippen LogP contribution in [-0.4, -0.2) is 29.6 Å². The van der Waals surface area contributed by atoms with Gasteiger partial charge in [-0.15, -0.1) is 0 Å². The predicted molar refractivity (Wildman–Crippen MR) is 117 cm³/mol. The molecule has 0 aromatic heterocycles. The highest BCUT2D eigenvalue weighted by atomic mass is 32.1. The maximum absolute atomic E-state index is 5.49. The first kappa shape index (κ1) is 18.0. The molecule has 0 bridgehead atoms. The van der Waals surface area contributed by atoms with Crippen LogP contribution in [0.15, 0.2) is 66.7 Å². The summed E-state index contributed by atoms with van der Waals surface area (Å²) in [7, 11) is 2.19. The van der Waals surface area contributed by atoms with Gasteiger partial charge in [0.1, 0.15) is 0 Å². The lowest BCUT2D eigenvalue weighted by atomic mass is 9.94. The molecule has 0 radical (unpaired) electrons. The fourth-order valence-electron chi connectivity index (χ4n) is 3.75. The lowest BCUT2D eigenvalue weighted by Crippen LogP contribution is -2.47. The molecule has 3 aromatic rings. The molecule has 0 fully saturated rings. The van der Waals surface area contributed by atoms with E-state index in [0.717, 1.165) is 31.2 Å². The van der Waals surface area contributed by atoms with Crippen LogP contribution in [0, 0.1) is 0 Å². The second-order valence-corrected chi connectivity index (χ2v) is 7.70. The standard InChI is InChI=1S/C23H25N3S/c1-26-16-21-9-5-4-8-20(21)13-22(26)15-25-23(27)24-14-17-10-11-18-6-2-3-7-19(18)12-17/h2-12,22H,13-16H2,1H3,(H2,24,25,27). The highest BCUT2D eigenvalue weighted by Gasteiger charge is 2.22. The molecule has 3 nitrogen and oxygen atoms in total. The Balaban J connectivity index is 1.29. The largest absolute Gasteiger partial charge is 0.361 e. The zero-order chi connectivity index (χ0) is 18.6. The van der Waals surface area contributed by atoms with Crippen LogP contribution < -0.4 is 10.6 Å². The Kier molecular flexibility index (Phi) is 5.37. The molecule has 1 aliphatic rings. The first-order chi connectivity index (χ1) is 13.2. The van der Waals surface area contributed by atoms with Gasteiger partial charge in [-0.2, -0.15) is 0 Å². The van der Waals surface area contributed by atoms with Crippen molar-refractivity contribution in [1.29, 1.82) is 0 Å². The maximum atomic E-state index is 5.49. The van der Waals surface area contributed by atoms with Gasteiger partial charge in [-0.3, -0.25) is 4.90 Å². The summed E-state index contributed by atoms with van der Waals surface area (Å²) in [6.45, 7) is 2.59. The number of hydrogen-bond acceptors (Lipinski definition) is 2. The SMILES string of the molecule is CN1Cc2ccccc2CC1CNC(=S)NCc1ccc2ccccc2c1.